The van der Waals surface area contributed by atoms with Gasteiger partial charge in [0.1, 0.15) is 0 Å². The molecular weight excluding hydrogens is 89.0 g/mol. The van der Waals surface area contributed by atoms with E-state index in [1.54, 1.807) is 13.8 Å². The molecular formula is C3H8NNaO. The van der Waals surface area contributed by atoms with Crippen molar-refractivity contribution in [2.45, 2.75) is 13.8 Å². The van der Waals surface area contributed by atoms with E-state index in [0.29, 0.717) is 5.71 Å². The fraction of sp³-hybridized carbons (Fsp3) is 0.667. The molecule has 0 saturated heterocycles. The van der Waals surface area contributed by atoms with E-state index in [1.807, 2.05) is 0 Å². The molecule has 0 aliphatic heterocycles. The molecule has 0 aromatic carbocycles. The number of nitrogens with zero attached hydrogens (tertiary/aromatic N) is 1. The molecule has 0 heterocycles. The maximum Gasteiger partial charge on any atom is 1.00 e. The molecule has 3 heteroatoms. The van der Waals surface area contributed by atoms with E-state index >= 15 is 0 Å². The van der Waals surface area contributed by atoms with Crippen LogP contribution in [0.2, 0.25) is 0 Å². The fourth-order valence-electron chi connectivity index (χ4n) is 0. The predicted octanol–water partition coefficient (Wildman–Crippen LogP) is -2.03. The second kappa shape index (κ2) is 5.47. The molecule has 6 heavy (non-hydrogen) atoms. The van der Waals surface area contributed by atoms with Crippen molar-refractivity contribution in [1.29, 1.82) is 0 Å². The molecule has 0 fully saturated rings. The molecule has 0 unspecified atom stereocenters. The second-order valence-electron chi connectivity index (χ2n) is 1.05. The average Bonchev–Trinajstić information content (AvgIpc) is 1.38. The molecule has 0 aliphatic carbocycles. The first-order valence-electron chi connectivity index (χ1n) is 1.42. The summed E-state index contributed by atoms with van der Waals surface area (Å²) in [5.74, 6) is 0. The Kier molecular flexibility index (Phi) is 8.83. The standard InChI is InChI=1S/C3H7NO.Na.H/c1-3(2)4-5;;/h5H,1-2H3;;/q;+1;-1. The Morgan fingerprint density at radius 3 is 1.83 bits per heavy atom. The van der Waals surface area contributed by atoms with E-state index in [0.717, 1.165) is 0 Å². The van der Waals surface area contributed by atoms with Crippen LogP contribution < -0.4 is 29.6 Å². The van der Waals surface area contributed by atoms with Crippen molar-refractivity contribution in [1.82, 2.24) is 0 Å². The first-order chi connectivity index (χ1) is 2.27. The van der Waals surface area contributed by atoms with Gasteiger partial charge in [0, 0.05) is 0 Å². The van der Waals surface area contributed by atoms with Gasteiger partial charge in [0.05, 0.1) is 5.71 Å². The van der Waals surface area contributed by atoms with Crippen LogP contribution in [-0.4, -0.2) is 10.9 Å². The van der Waals surface area contributed by atoms with Gasteiger partial charge in [-0.2, -0.15) is 0 Å². The summed E-state index contributed by atoms with van der Waals surface area (Å²) >= 11 is 0. The van der Waals surface area contributed by atoms with E-state index in [9.17, 15) is 0 Å². The van der Waals surface area contributed by atoms with Gasteiger partial charge in [0.2, 0.25) is 0 Å². The van der Waals surface area contributed by atoms with Crippen molar-refractivity contribution in [3.63, 3.8) is 0 Å². The number of hydrogen-bond acceptors (Lipinski definition) is 2. The third-order valence-corrected chi connectivity index (χ3v) is 0.200. The summed E-state index contributed by atoms with van der Waals surface area (Å²) in [6, 6.07) is 0. The summed E-state index contributed by atoms with van der Waals surface area (Å²) in [5, 5.41) is 10.5. The van der Waals surface area contributed by atoms with Crippen LogP contribution in [-0.2, 0) is 0 Å². The van der Waals surface area contributed by atoms with Crippen molar-refractivity contribution in [3.05, 3.63) is 0 Å². The molecule has 0 spiro atoms. The van der Waals surface area contributed by atoms with E-state index in [-0.39, 0.29) is 31.0 Å². The third kappa shape index (κ3) is 8.82. The Hall–Kier alpha value is 0.470. The Bertz CT molecular complexity index is 52.9. The van der Waals surface area contributed by atoms with Crippen LogP contribution in [0, 0.1) is 0 Å². The Morgan fingerprint density at radius 1 is 1.67 bits per heavy atom. The largest absolute Gasteiger partial charge is 1.00 e. The normalized spacial score (nSPS) is 5.67. The van der Waals surface area contributed by atoms with Gasteiger partial charge in [-0.3, -0.25) is 0 Å². The van der Waals surface area contributed by atoms with Crippen molar-refractivity contribution >= 4 is 5.71 Å². The fourth-order valence-corrected chi connectivity index (χ4v) is 0. The van der Waals surface area contributed by atoms with Crippen LogP contribution in [0.5, 0.6) is 0 Å². The number of oxime groups is 1. The summed E-state index contributed by atoms with van der Waals surface area (Å²) < 4.78 is 0. The van der Waals surface area contributed by atoms with Gasteiger partial charge in [0.15, 0.2) is 0 Å². The smallest absolute Gasteiger partial charge is 1.00 e. The summed E-state index contributed by atoms with van der Waals surface area (Å²) in [4.78, 5) is 0. The minimum Gasteiger partial charge on any atom is -1.00 e. The van der Waals surface area contributed by atoms with E-state index < -0.39 is 0 Å². The van der Waals surface area contributed by atoms with Crippen molar-refractivity contribution in [2.75, 3.05) is 0 Å². The van der Waals surface area contributed by atoms with E-state index in [1.165, 1.54) is 0 Å². The van der Waals surface area contributed by atoms with Gasteiger partial charge in [-0.25, -0.2) is 0 Å². The zero-order valence-electron chi connectivity index (χ0n) is 5.39. The van der Waals surface area contributed by atoms with Crippen LogP contribution in [0.3, 0.4) is 0 Å². The Labute approximate surface area is 61.0 Å². The van der Waals surface area contributed by atoms with Gasteiger partial charge >= 0.3 is 29.6 Å². The van der Waals surface area contributed by atoms with Crippen LogP contribution in [0.15, 0.2) is 5.16 Å². The summed E-state index contributed by atoms with van der Waals surface area (Å²) in [6.07, 6.45) is 0. The van der Waals surface area contributed by atoms with Crippen LogP contribution in [0.1, 0.15) is 15.3 Å². The van der Waals surface area contributed by atoms with E-state index in [4.69, 9.17) is 5.21 Å². The quantitative estimate of drug-likeness (QED) is 0.161. The van der Waals surface area contributed by atoms with Gasteiger partial charge in [0.25, 0.3) is 0 Å². The topological polar surface area (TPSA) is 32.6 Å². The van der Waals surface area contributed by atoms with Gasteiger partial charge in [-0.15, -0.1) is 0 Å². The minimum atomic E-state index is 0. The SMILES string of the molecule is CC(C)=NO.[H-].[Na+]. The maximum atomic E-state index is 7.73. The molecule has 1 N–H and O–H groups in total. The molecule has 0 rings (SSSR count). The monoisotopic (exact) mass is 97.1 g/mol. The molecule has 0 aromatic rings. The van der Waals surface area contributed by atoms with Gasteiger partial charge in [-0.1, -0.05) is 5.16 Å². The van der Waals surface area contributed by atoms with Gasteiger partial charge < -0.3 is 6.63 Å². The van der Waals surface area contributed by atoms with Crippen molar-refractivity contribution in [2.24, 2.45) is 5.16 Å². The van der Waals surface area contributed by atoms with E-state index in [2.05, 4.69) is 5.16 Å². The molecule has 0 aliphatic rings. The summed E-state index contributed by atoms with van der Waals surface area (Å²) in [6.45, 7) is 3.44. The molecule has 2 nitrogen and oxygen atoms in total. The van der Waals surface area contributed by atoms with Crippen molar-refractivity contribution < 1.29 is 36.2 Å². The summed E-state index contributed by atoms with van der Waals surface area (Å²) in [5.41, 5.74) is 0.685. The molecule has 0 radical (unpaired) electrons. The minimum absolute atomic E-state index is 0. The molecule has 0 atom stereocenters. The molecule has 0 saturated carbocycles. The molecule has 32 valence electrons. The Morgan fingerprint density at radius 2 is 1.83 bits per heavy atom. The zero-order chi connectivity index (χ0) is 4.28. The first kappa shape index (κ1) is 9.69. The van der Waals surface area contributed by atoms with Crippen LogP contribution in [0.4, 0.5) is 0 Å². The first-order valence-corrected chi connectivity index (χ1v) is 1.42. The average molecular weight is 97.1 g/mol. The third-order valence-electron chi connectivity index (χ3n) is 0.200. The van der Waals surface area contributed by atoms with Crippen LogP contribution in [0.25, 0.3) is 0 Å². The summed E-state index contributed by atoms with van der Waals surface area (Å²) in [7, 11) is 0. The zero-order valence-corrected chi connectivity index (χ0v) is 6.39. The molecule has 0 bridgehead atoms. The number of rotatable bonds is 0. The van der Waals surface area contributed by atoms with Crippen molar-refractivity contribution in [3.8, 4) is 0 Å². The molecule has 0 amide bonds. The van der Waals surface area contributed by atoms with Gasteiger partial charge in [-0.05, 0) is 13.8 Å². The molecule has 0 aromatic heterocycles. The predicted molar refractivity (Wildman–Crippen MR) is 21.7 cm³/mol. The maximum absolute atomic E-state index is 7.73. The Balaban J connectivity index is -0.0000000800. The van der Waals surface area contributed by atoms with Crippen LogP contribution >= 0.6 is 0 Å². The second-order valence-corrected chi connectivity index (χ2v) is 1.05. The number of hydrogen-bond donors (Lipinski definition) is 1.